The average molecular weight is 473 g/mol. The topological polar surface area (TPSA) is 38.0 Å². The third kappa shape index (κ3) is 4.71. The molecule has 1 N–H and O–H groups in total. The van der Waals surface area contributed by atoms with Gasteiger partial charge in [-0.05, 0) is 36.4 Å². The third-order valence-electron chi connectivity index (χ3n) is 4.45. The second kappa shape index (κ2) is 9.50. The van der Waals surface area contributed by atoms with E-state index in [0.29, 0.717) is 21.3 Å². The van der Waals surface area contributed by atoms with Crippen molar-refractivity contribution < 1.29 is 5.11 Å². The van der Waals surface area contributed by atoms with Crippen LogP contribution in [0.25, 0.3) is 0 Å². The fourth-order valence-corrected chi connectivity index (χ4v) is 5.39. The number of aliphatic hydroxyl groups excluding tert-OH is 1. The van der Waals surface area contributed by atoms with E-state index in [4.69, 9.17) is 28.2 Å². The van der Waals surface area contributed by atoms with Gasteiger partial charge in [-0.25, -0.2) is 4.98 Å². The van der Waals surface area contributed by atoms with Gasteiger partial charge in [-0.15, -0.1) is 0 Å². The first-order valence-electron chi connectivity index (χ1n) is 9.18. The van der Waals surface area contributed by atoms with E-state index in [1.165, 1.54) is 0 Å². The van der Waals surface area contributed by atoms with E-state index in [-0.39, 0.29) is 0 Å². The van der Waals surface area contributed by atoms with Crippen molar-refractivity contribution in [3.05, 3.63) is 100 Å². The Morgan fingerprint density at radius 1 is 0.867 bits per heavy atom. The minimum atomic E-state index is -0.975. The van der Waals surface area contributed by atoms with Crippen LogP contribution in [0.5, 0.6) is 0 Å². The van der Waals surface area contributed by atoms with Gasteiger partial charge < -0.3 is 9.67 Å². The summed E-state index contributed by atoms with van der Waals surface area (Å²) in [5, 5.41) is 13.8. The van der Waals surface area contributed by atoms with Crippen molar-refractivity contribution in [3.63, 3.8) is 0 Å². The molecule has 0 saturated carbocycles. The molecule has 4 aromatic rings. The van der Waals surface area contributed by atoms with Crippen LogP contribution in [0.2, 0.25) is 10.0 Å². The maximum absolute atomic E-state index is 11.2. The molecule has 3 aromatic carbocycles. The number of benzene rings is 3. The first kappa shape index (κ1) is 21.3. The van der Waals surface area contributed by atoms with Gasteiger partial charge in [-0.3, -0.25) is 0 Å². The van der Waals surface area contributed by atoms with Crippen molar-refractivity contribution in [1.29, 1.82) is 0 Å². The highest BCUT2D eigenvalue weighted by Crippen LogP contribution is 2.40. The molecule has 0 radical (unpaired) electrons. The minimum absolute atomic E-state index is 0.411. The quantitative estimate of drug-likeness (QED) is 0.324. The molecule has 0 amide bonds. The molecule has 0 aliphatic carbocycles. The first-order valence-corrected chi connectivity index (χ1v) is 11.6. The molecule has 7 heteroatoms. The summed E-state index contributed by atoms with van der Waals surface area (Å²) in [6.07, 6.45) is -0.975. The molecule has 1 heterocycles. The van der Waals surface area contributed by atoms with Crippen LogP contribution in [0, 0.1) is 0 Å². The number of halogens is 2. The molecule has 0 aliphatic rings. The van der Waals surface area contributed by atoms with Crippen LogP contribution in [-0.2, 0) is 7.05 Å². The van der Waals surface area contributed by atoms with Gasteiger partial charge in [-0.2, -0.15) is 0 Å². The molecule has 4 rings (SSSR count). The lowest BCUT2D eigenvalue weighted by Gasteiger charge is -2.13. The Labute approximate surface area is 194 Å². The molecule has 152 valence electrons. The summed E-state index contributed by atoms with van der Waals surface area (Å²) in [7, 11) is 1.96. The van der Waals surface area contributed by atoms with Gasteiger partial charge in [-0.1, -0.05) is 89.2 Å². The number of hydrogen-bond donors (Lipinski definition) is 1. The first-order chi connectivity index (χ1) is 14.5. The maximum atomic E-state index is 11.2. The summed E-state index contributed by atoms with van der Waals surface area (Å²) in [5.41, 5.74) is 1.14. The Morgan fingerprint density at radius 2 is 1.47 bits per heavy atom. The molecule has 0 bridgehead atoms. The summed E-state index contributed by atoms with van der Waals surface area (Å²) in [5.74, 6) is 0. The van der Waals surface area contributed by atoms with E-state index in [9.17, 15) is 5.11 Å². The summed E-state index contributed by atoms with van der Waals surface area (Å²) < 4.78 is 2.01. The fourth-order valence-electron chi connectivity index (χ4n) is 2.94. The Kier molecular flexibility index (Phi) is 6.76. The lowest BCUT2D eigenvalue weighted by molar-refractivity contribution is 0.212. The fraction of sp³-hybridized carbons (Fsp3) is 0.0870. The summed E-state index contributed by atoms with van der Waals surface area (Å²) >= 11 is 15.5. The van der Waals surface area contributed by atoms with Crippen molar-refractivity contribution in [3.8, 4) is 0 Å². The molecule has 0 saturated heterocycles. The number of aromatic nitrogens is 2. The van der Waals surface area contributed by atoms with Crippen LogP contribution >= 0.6 is 46.7 Å². The molecular formula is C23H18Cl2N2OS2. The molecule has 0 spiro atoms. The number of rotatable bonds is 6. The Morgan fingerprint density at radius 3 is 2.07 bits per heavy atom. The van der Waals surface area contributed by atoms with E-state index < -0.39 is 6.10 Å². The number of nitrogens with zero attached hydrogens (tertiary/aromatic N) is 2. The minimum Gasteiger partial charge on any atom is -0.382 e. The third-order valence-corrected chi connectivity index (χ3v) is 7.26. The van der Waals surface area contributed by atoms with Crippen LogP contribution in [0.3, 0.4) is 0 Å². The number of aliphatic hydroxyl groups is 1. The van der Waals surface area contributed by atoms with Crippen molar-refractivity contribution >= 4 is 46.7 Å². The lowest BCUT2D eigenvalue weighted by Crippen LogP contribution is -2.03. The SMILES string of the molecule is Cn1c(Sc2ccccc2)nc(C(O)c2ccc(Cl)cc2Cl)c1Sc1ccccc1. The zero-order valence-electron chi connectivity index (χ0n) is 16.0. The molecule has 1 atom stereocenters. The largest absolute Gasteiger partial charge is 0.382 e. The van der Waals surface area contributed by atoms with E-state index in [1.54, 1.807) is 41.7 Å². The Balaban J connectivity index is 1.77. The molecule has 3 nitrogen and oxygen atoms in total. The predicted octanol–water partition coefficient (Wildman–Crippen LogP) is 7.11. The lowest BCUT2D eigenvalue weighted by atomic mass is 10.1. The zero-order chi connectivity index (χ0) is 21.1. The standard InChI is InChI=1S/C23H18Cl2N2OS2/c1-27-22(29-16-8-4-2-5-9-16)20(21(28)18-13-12-15(24)14-19(18)25)26-23(27)30-17-10-6-3-7-11-17/h2-14,21,28H,1H3. The van der Waals surface area contributed by atoms with Gasteiger partial charge in [0.25, 0.3) is 0 Å². The molecule has 0 fully saturated rings. The smallest absolute Gasteiger partial charge is 0.173 e. The van der Waals surface area contributed by atoms with Gasteiger partial charge in [0.1, 0.15) is 16.8 Å². The highest BCUT2D eigenvalue weighted by Gasteiger charge is 2.25. The van der Waals surface area contributed by atoms with Crippen LogP contribution in [0.15, 0.2) is 98.8 Å². The highest BCUT2D eigenvalue weighted by molar-refractivity contribution is 8.00. The van der Waals surface area contributed by atoms with Crippen molar-refractivity contribution in [2.45, 2.75) is 26.1 Å². The summed E-state index contributed by atoms with van der Waals surface area (Å²) in [6.45, 7) is 0. The number of hydrogen-bond acceptors (Lipinski definition) is 4. The second-order valence-corrected chi connectivity index (χ2v) is 9.49. The van der Waals surface area contributed by atoms with Crippen LogP contribution in [-0.4, -0.2) is 14.7 Å². The van der Waals surface area contributed by atoms with Crippen molar-refractivity contribution in [2.24, 2.45) is 7.05 Å². The van der Waals surface area contributed by atoms with Crippen molar-refractivity contribution in [1.82, 2.24) is 9.55 Å². The van der Waals surface area contributed by atoms with E-state index >= 15 is 0 Å². The van der Waals surface area contributed by atoms with Crippen LogP contribution in [0.4, 0.5) is 0 Å². The monoisotopic (exact) mass is 472 g/mol. The molecule has 0 aliphatic heterocycles. The van der Waals surface area contributed by atoms with Gasteiger partial charge in [0.15, 0.2) is 5.16 Å². The van der Waals surface area contributed by atoms with Gasteiger partial charge in [0.05, 0.1) is 0 Å². The van der Waals surface area contributed by atoms with Gasteiger partial charge >= 0.3 is 0 Å². The molecule has 30 heavy (non-hydrogen) atoms. The second-order valence-electron chi connectivity index (χ2n) is 6.54. The van der Waals surface area contributed by atoms with Crippen LogP contribution in [0.1, 0.15) is 17.4 Å². The molecule has 1 unspecified atom stereocenters. The highest BCUT2D eigenvalue weighted by atomic mass is 35.5. The van der Waals surface area contributed by atoms with Crippen LogP contribution < -0.4 is 0 Å². The summed E-state index contributed by atoms with van der Waals surface area (Å²) in [6, 6.07) is 25.2. The molecule has 1 aromatic heterocycles. The van der Waals surface area contributed by atoms with Crippen molar-refractivity contribution in [2.75, 3.05) is 0 Å². The Bertz CT molecular complexity index is 1150. The van der Waals surface area contributed by atoms with Gasteiger partial charge in [0.2, 0.25) is 0 Å². The van der Waals surface area contributed by atoms with Gasteiger partial charge in [0, 0.05) is 32.4 Å². The van der Waals surface area contributed by atoms with E-state index in [2.05, 4.69) is 0 Å². The normalized spacial score (nSPS) is 12.1. The Hall–Kier alpha value is -1.89. The maximum Gasteiger partial charge on any atom is 0.173 e. The average Bonchev–Trinajstić information content (AvgIpc) is 3.05. The van der Waals surface area contributed by atoms with E-state index in [1.807, 2.05) is 72.3 Å². The predicted molar refractivity (Wildman–Crippen MR) is 125 cm³/mol. The zero-order valence-corrected chi connectivity index (χ0v) is 19.1. The van der Waals surface area contributed by atoms with E-state index in [0.717, 1.165) is 20.0 Å². The number of imidazole rings is 1. The summed E-state index contributed by atoms with van der Waals surface area (Å²) in [4.78, 5) is 6.94. The molecular weight excluding hydrogens is 455 g/mol.